The molecule has 1 fully saturated rings. The van der Waals surface area contributed by atoms with Crippen molar-refractivity contribution in [3.63, 3.8) is 0 Å². The third-order valence-electron chi connectivity index (χ3n) is 6.41. The van der Waals surface area contributed by atoms with E-state index in [0.717, 1.165) is 35.1 Å². The highest BCUT2D eigenvalue weighted by Gasteiger charge is 2.22. The van der Waals surface area contributed by atoms with E-state index in [1.54, 1.807) is 0 Å². The number of hydrogen-bond donors (Lipinski definition) is 0. The molecule has 1 saturated carbocycles. The van der Waals surface area contributed by atoms with Gasteiger partial charge in [-0.3, -0.25) is 0 Å². The Morgan fingerprint density at radius 2 is 1.85 bits per heavy atom. The smallest absolute Gasteiger partial charge is 0.134 e. The Hall–Kier alpha value is -1.63. The first-order chi connectivity index (χ1) is 13.2. The van der Waals surface area contributed by atoms with Crippen LogP contribution in [0.2, 0.25) is 0 Å². The van der Waals surface area contributed by atoms with Gasteiger partial charge >= 0.3 is 0 Å². The van der Waals surface area contributed by atoms with Gasteiger partial charge in [0.25, 0.3) is 0 Å². The molecule has 1 heteroatoms. The number of benzene rings is 2. The second-order valence-corrected chi connectivity index (χ2v) is 8.34. The molecule has 1 aliphatic carbocycles. The molecule has 0 N–H and O–H groups in total. The van der Waals surface area contributed by atoms with Gasteiger partial charge in [0.15, 0.2) is 0 Å². The standard InChI is InChI=1S/C26H35F/c1-3-5-7-9-20-11-13-21(14-12-20)23-17-18-25-24(19-23)16-15-22(26(25)27)10-8-6-4-2/h4,6,15-21H,3,5,7-14H2,1-2H3/b6-4+. The number of rotatable bonds is 8. The number of unbranched alkanes of at least 4 members (excludes halogenated alkanes) is 2. The number of hydrogen-bond acceptors (Lipinski definition) is 0. The Labute approximate surface area is 164 Å². The SMILES string of the molecule is C/C=C/CCc1ccc2cc(C3CCC(CCCCC)CC3)ccc2c1F. The number of fused-ring (bicyclic) bond motifs is 1. The molecule has 3 rings (SSSR count). The molecule has 0 amide bonds. The van der Waals surface area contributed by atoms with E-state index in [0.29, 0.717) is 5.92 Å². The molecule has 0 spiro atoms. The van der Waals surface area contributed by atoms with Crippen LogP contribution in [0.3, 0.4) is 0 Å². The largest absolute Gasteiger partial charge is 0.206 e. The van der Waals surface area contributed by atoms with Gasteiger partial charge in [-0.2, -0.15) is 0 Å². The molecule has 0 aliphatic heterocycles. The van der Waals surface area contributed by atoms with E-state index in [4.69, 9.17) is 0 Å². The molecule has 0 bridgehead atoms. The Balaban J connectivity index is 1.66. The van der Waals surface area contributed by atoms with E-state index in [1.807, 2.05) is 25.1 Å². The lowest BCUT2D eigenvalue weighted by Gasteiger charge is -2.29. The van der Waals surface area contributed by atoms with Crippen molar-refractivity contribution < 1.29 is 4.39 Å². The monoisotopic (exact) mass is 366 g/mol. The van der Waals surface area contributed by atoms with Gasteiger partial charge in [-0.25, -0.2) is 4.39 Å². The van der Waals surface area contributed by atoms with E-state index >= 15 is 0 Å². The van der Waals surface area contributed by atoms with Crippen molar-refractivity contribution >= 4 is 10.8 Å². The Morgan fingerprint density at radius 1 is 1.04 bits per heavy atom. The molecule has 27 heavy (non-hydrogen) atoms. The third kappa shape index (κ3) is 5.21. The average molecular weight is 367 g/mol. The van der Waals surface area contributed by atoms with Gasteiger partial charge in [-0.05, 0) is 73.8 Å². The summed E-state index contributed by atoms with van der Waals surface area (Å²) in [5.41, 5.74) is 2.25. The van der Waals surface area contributed by atoms with Crippen LogP contribution in [0.5, 0.6) is 0 Å². The van der Waals surface area contributed by atoms with Crippen molar-refractivity contribution in [2.75, 3.05) is 0 Å². The molecule has 0 nitrogen and oxygen atoms in total. The van der Waals surface area contributed by atoms with Crippen molar-refractivity contribution in [1.29, 1.82) is 0 Å². The van der Waals surface area contributed by atoms with Crippen LogP contribution in [0.25, 0.3) is 10.8 Å². The fraction of sp³-hybridized carbons (Fsp3) is 0.538. The lowest BCUT2D eigenvalue weighted by molar-refractivity contribution is 0.303. The maximum atomic E-state index is 14.8. The number of allylic oxidation sites excluding steroid dienone is 2. The van der Waals surface area contributed by atoms with E-state index < -0.39 is 0 Å². The van der Waals surface area contributed by atoms with E-state index in [-0.39, 0.29) is 5.82 Å². The molecule has 146 valence electrons. The summed E-state index contributed by atoms with van der Waals surface area (Å²) < 4.78 is 14.8. The van der Waals surface area contributed by atoms with E-state index in [1.165, 1.54) is 56.9 Å². The van der Waals surface area contributed by atoms with Gasteiger partial charge in [0.05, 0.1) is 0 Å². The van der Waals surface area contributed by atoms with Crippen molar-refractivity contribution in [1.82, 2.24) is 0 Å². The molecule has 2 aromatic rings. The Kier molecular flexibility index (Phi) is 7.50. The summed E-state index contributed by atoms with van der Waals surface area (Å²) in [5, 5.41) is 1.84. The van der Waals surface area contributed by atoms with Crippen LogP contribution in [-0.2, 0) is 6.42 Å². The minimum Gasteiger partial charge on any atom is -0.206 e. The minimum absolute atomic E-state index is 0.0248. The lowest BCUT2D eigenvalue weighted by Crippen LogP contribution is -2.13. The normalized spacial score (nSPS) is 20.6. The van der Waals surface area contributed by atoms with Crippen LogP contribution in [0, 0.1) is 11.7 Å². The summed E-state index contributed by atoms with van der Waals surface area (Å²) in [5.74, 6) is 1.57. The summed E-state index contributed by atoms with van der Waals surface area (Å²) >= 11 is 0. The molecule has 0 aromatic heterocycles. The average Bonchev–Trinajstić information content (AvgIpc) is 2.70. The first-order valence-corrected chi connectivity index (χ1v) is 11.0. The highest BCUT2D eigenvalue weighted by atomic mass is 19.1. The van der Waals surface area contributed by atoms with Crippen LogP contribution in [0.15, 0.2) is 42.5 Å². The predicted molar refractivity (Wildman–Crippen MR) is 116 cm³/mol. The minimum atomic E-state index is -0.0248. The maximum Gasteiger partial charge on any atom is 0.134 e. The molecular weight excluding hydrogens is 331 g/mol. The van der Waals surface area contributed by atoms with Gasteiger partial charge < -0.3 is 0 Å². The summed E-state index contributed by atoms with van der Waals surface area (Å²) in [4.78, 5) is 0. The van der Waals surface area contributed by atoms with Crippen molar-refractivity contribution in [2.24, 2.45) is 5.92 Å². The summed E-state index contributed by atoms with van der Waals surface area (Å²) in [6.45, 7) is 4.29. The van der Waals surface area contributed by atoms with Crippen LogP contribution in [0.1, 0.15) is 88.7 Å². The molecule has 0 unspecified atom stereocenters. The predicted octanol–water partition coefficient (Wildman–Crippen LogP) is 8.34. The molecule has 0 heterocycles. The zero-order chi connectivity index (χ0) is 19.1. The molecule has 2 aromatic carbocycles. The molecular formula is C26H35F. The highest BCUT2D eigenvalue weighted by Crippen LogP contribution is 2.38. The number of aryl methyl sites for hydroxylation is 1. The summed E-state index contributed by atoms with van der Waals surface area (Å²) in [6.07, 6.45) is 16.7. The topological polar surface area (TPSA) is 0 Å². The Morgan fingerprint density at radius 3 is 2.59 bits per heavy atom. The zero-order valence-corrected chi connectivity index (χ0v) is 17.1. The summed E-state index contributed by atoms with van der Waals surface area (Å²) in [6, 6.07) is 10.5. The first kappa shape index (κ1) is 20.1. The number of halogens is 1. The summed E-state index contributed by atoms with van der Waals surface area (Å²) in [7, 11) is 0. The van der Waals surface area contributed by atoms with Crippen molar-refractivity contribution in [3.8, 4) is 0 Å². The molecule has 0 atom stereocenters. The van der Waals surface area contributed by atoms with E-state index in [2.05, 4.69) is 31.2 Å². The van der Waals surface area contributed by atoms with Crippen LogP contribution >= 0.6 is 0 Å². The van der Waals surface area contributed by atoms with Gasteiger partial charge in [-0.15, -0.1) is 0 Å². The van der Waals surface area contributed by atoms with Crippen molar-refractivity contribution in [2.45, 2.75) is 84.0 Å². The maximum absolute atomic E-state index is 14.8. The van der Waals surface area contributed by atoms with Crippen LogP contribution in [0.4, 0.5) is 4.39 Å². The second-order valence-electron chi connectivity index (χ2n) is 8.34. The van der Waals surface area contributed by atoms with Gasteiger partial charge in [0, 0.05) is 5.39 Å². The molecule has 0 radical (unpaired) electrons. The van der Waals surface area contributed by atoms with Gasteiger partial charge in [-0.1, -0.05) is 75.1 Å². The Bertz CT molecular complexity index is 750. The highest BCUT2D eigenvalue weighted by molar-refractivity contribution is 5.84. The quantitative estimate of drug-likeness (QED) is 0.325. The lowest BCUT2D eigenvalue weighted by atomic mass is 9.76. The zero-order valence-electron chi connectivity index (χ0n) is 17.1. The third-order valence-corrected chi connectivity index (χ3v) is 6.41. The van der Waals surface area contributed by atoms with Crippen LogP contribution < -0.4 is 0 Å². The van der Waals surface area contributed by atoms with E-state index in [9.17, 15) is 4.39 Å². The van der Waals surface area contributed by atoms with Gasteiger partial charge in [0.1, 0.15) is 5.82 Å². The molecule has 1 aliphatic rings. The van der Waals surface area contributed by atoms with Crippen molar-refractivity contribution in [3.05, 3.63) is 59.4 Å². The first-order valence-electron chi connectivity index (χ1n) is 11.0. The molecule has 0 saturated heterocycles. The van der Waals surface area contributed by atoms with Crippen LogP contribution in [-0.4, -0.2) is 0 Å². The fourth-order valence-corrected chi connectivity index (χ4v) is 4.68. The second kappa shape index (κ2) is 10.1. The fourth-order valence-electron chi connectivity index (χ4n) is 4.68. The van der Waals surface area contributed by atoms with Gasteiger partial charge in [0.2, 0.25) is 0 Å².